The van der Waals surface area contributed by atoms with Gasteiger partial charge in [-0.1, -0.05) is 91.0 Å². The summed E-state index contributed by atoms with van der Waals surface area (Å²) in [6, 6.07) is 58.5. The first-order valence-electron chi connectivity index (χ1n) is 41.4. The zero-order valence-corrected chi connectivity index (χ0v) is 77.3. The lowest BCUT2D eigenvalue weighted by Crippen LogP contribution is -2.41. The number of rotatable bonds is 24. The van der Waals surface area contributed by atoms with E-state index in [1.54, 1.807) is 122 Å². The molecule has 0 aromatic heterocycles. The second kappa shape index (κ2) is 46.5. The SMILES string of the molecule is CC(=O)c1cccc(C(=O)Cc2ccccc2S(=O)(=O)N2CCOCC2)c1.COc1ccc(C(=O)Nc2ccccc2S(=O)(=O)N2CCOCC2)cc1.CS(=O)(=O)c1ccc(C(=O)Nc2ccccc2S(=O)(=O)N2CCOCC2)cc1.O=C(Nc1ccccc1S(=O)(=O)N1CCOCC1)c1ccc(C(F)(F)F)cc1.O=C(Nc1ccccc1S(=O)(=O)N1CCOCC1)c1cccc(F)c1. The Morgan fingerprint density at radius 3 is 0.940 bits per heavy atom. The number of nitrogens with one attached hydrogen (secondary N) is 4. The smallest absolute Gasteiger partial charge is 0.416 e. The molecule has 4 N–H and O–H groups in total. The third kappa shape index (κ3) is 27.1. The number of carbonyl (C=O) groups excluding carboxylic acids is 6. The minimum atomic E-state index is -4.51. The summed E-state index contributed by atoms with van der Waals surface area (Å²) in [4.78, 5) is 74.2. The van der Waals surface area contributed by atoms with E-state index in [9.17, 15) is 96.8 Å². The van der Waals surface area contributed by atoms with Crippen LogP contribution in [0.3, 0.4) is 0 Å². The number of para-hydroxylation sites is 4. The first-order valence-corrected chi connectivity index (χ1v) is 50.5. The van der Waals surface area contributed by atoms with Gasteiger partial charge in [0.2, 0.25) is 50.1 Å². The zero-order valence-electron chi connectivity index (χ0n) is 72.4. The Bertz CT molecular complexity index is 6580. The highest BCUT2D eigenvalue weighted by Gasteiger charge is 2.36. The summed E-state index contributed by atoms with van der Waals surface area (Å²) in [5, 5.41) is 10.3. The number of hydrogen-bond donors (Lipinski definition) is 4. The fraction of sp³-hybridized carbons (Fsp3) is 0.275. The highest BCUT2D eigenvalue weighted by molar-refractivity contribution is 7.91. The summed E-state index contributed by atoms with van der Waals surface area (Å²) >= 11 is 0. The molecular formula is C91H95F4N9O24S6. The van der Waals surface area contributed by atoms with Gasteiger partial charge in [-0.05, 0) is 164 Å². The average Bonchev–Trinajstić information content (AvgIpc) is 0.803. The molecule has 5 heterocycles. The van der Waals surface area contributed by atoms with E-state index in [1.807, 2.05) is 0 Å². The first-order chi connectivity index (χ1) is 63.8. The number of amides is 4. The number of sulfone groups is 1. The third-order valence-corrected chi connectivity index (χ3v) is 31.8. The van der Waals surface area contributed by atoms with E-state index in [1.165, 1.54) is 126 Å². The van der Waals surface area contributed by atoms with Crippen molar-refractivity contribution >= 4 is 118 Å². The van der Waals surface area contributed by atoms with Crippen LogP contribution in [0.2, 0.25) is 0 Å². The van der Waals surface area contributed by atoms with E-state index >= 15 is 0 Å². The summed E-state index contributed by atoms with van der Waals surface area (Å²) < 4.78 is 241. The largest absolute Gasteiger partial charge is 0.497 e. The Morgan fingerprint density at radius 2 is 0.619 bits per heavy atom. The summed E-state index contributed by atoms with van der Waals surface area (Å²) in [5.74, 6) is -2.48. The number of ether oxygens (including phenoxy) is 6. The number of ketones is 2. The molecule has 5 saturated heterocycles. The van der Waals surface area contributed by atoms with Gasteiger partial charge >= 0.3 is 6.18 Å². The molecule has 5 fully saturated rings. The molecule has 0 bridgehead atoms. The van der Waals surface area contributed by atoms with Gasteiger partial charge in [0.1, 0.15) is 31.1 Å². The van der Waals surface area contributed by atoms with Crippen LogP contribution in [0.5, 0.6) is 5.75 Å². The van der Waals surface area contributed by atoms with Crippen molar-refractivity contribution < 1.29 is 125 Å². The molecule has 712 valence electrons. The average molecular weight is 1970 g/mol. The molecule has 43 heteroatoms. The second-order valence-electron chi connectivity index (χ2n) is 29.8. The van der Waals surface area contributed by atoms with Gasteiger partial charge in [0, 0.05) is 112 Å². The predicted octanol–water partition coefficient (Wildman–Crippen LogP) is 10.7. The van der Waals surface area contributed by atoms with E-state index in [-0.39, 0.29) is 139 Å². The Morgan fingerprint density at radius 1 is 0.336 bits per heavy atom. The number of sulfonamides is 5. The lowest BCUT2D eigenvalue weighted by Gasteiger charge is -2.27. The van der Waals surface area contributed by atoms with Gasteiger partial charge in [0.05, 0.1) is 111 Å². The maximum absolute atomic E-state index is 13.3. The van der Waals surface area contributed by atoms with Crippen molar-refractivity contribution in [2.75, 3.05) is 166 Å². The molecule has 0 spiro atoms. The van der Waals surface area contributed by atoms with Gasteiger partial charge in [-0.15, -0.1) is 0 Å². The number of morpholine rings is 5. The molecule has 33 nitrogen and oxygen atoms in total. The molecule has 5 aliphatic rings. The molecule has 134 heavy (non-hydrogen) atoms. The number of alkyl halides is 3. The van der Waals surface area contributed by atoms with Crippen molar-refractivity contribution in [2.24, 2.45) is 0 Å². The minimum absolute atomic E-state index is 0.00153. The summed E-state index contributed by atoms with van der Waals surface area (Å²) in [5.41, 5.74) is 1.74. The molecule has 0 atom stereocenters. The van der Waals surface area contributed by atoms with Gasteiger partial charge in [-0.2, -0.15) is 34.7 Å². The molecule has 0 aliphatic carbocycles. The van der Waals surface area contributed by atoms with Crippen molar-refractivity contribution in [1.82, 2.24) is 21.5 Å². The first kappa shape index (κ1) is 103. The highest BCUT2D eigenvalue weighted by Crippen LogP contribution is 2.34. The van der Waals surface area contributed by atoms with Crippen LogP contribution >= 0.6 is 0 Å². The van der Waals surface area contributed by atoms with Crippen LogP contribution in [0.1, 0.15) is 80.2 Å². The van der Waals surface area contributed by atoms with Crippen molar-refractivity contribution in [3.05, 3.63) is 293 Å². The van der Waals surface area contributed by atoms with Crippen LogP contribution in [-0.4, -0.2) is 252 Å². The van der Waals surface area contributed by atoms with Gasteiger partial charge in [0.15, 0.2) is 21.4 Å². The number of carbonyl (C=O) groups is 6. The highest BCUT2D eigenvalue weighted by atomic mass is 32.2. The molecule has 5 aliphatic heterocycles. The van der Waals surface area contributed by atoms with Gasteiger partial charge in [-0.3, -0.25) is 28.8 Å². The fourth-order valence-electron chi connectivity index (χ4n) is 13.7. The zero-order chi connectivity index (χ0) is 96.6. The molecule has 0 unspecified atom stereocenters. The van der Waals surface area contributed by atoms with E-state index in [2.05, 4.69) is 21.3 Å². The second-order valence-corrected chi connectivity index (χ2v) is 41.4. The molecule has 10 aromatic rings. The van der Waals surface area contributed by atoms with Crippen molar-refractivity contribution in [3.63, 3.8) is 0 Å². The molecular weight excluding hydrogens is 1870 g/mol. The maximum Gasteiger partial charge on any atom is 0.416 e. The number of halogens is 4. The van der Waals surface area contributed by atoms with E-state index < -0.39 is 101 Å². The number of Topliss-reactive ketones (excluding diaryl/α,β-unsaturated/α-hetero) is 2. The number of methoxy groups -OCH3 is 1. The van der Waals surface area contributed by atoms with Crippen LogP contribution in [0.25, 0.3) is 0 Å². The molecule has 0 radical (unpaired) electrons. The quantitative estimate of drug-likeness (QED) is 0.0322. The van der Waals surface area contributed by atoms with Crippen molar-refractivity contribution in [2.45, 2.75) is 48.9 Å². The predicted molar refractivity (Wildman–Crippen MR) is 487 cm³/mol. The fourth-order valence-corrected chi connectivity index (χ4v) is 22.2. The number of hydrogen-bond acceptors (Lipinski definition) is 24. The van der Waals surface area contributed by atoms with E-state index in [0.717, 1.165) is 36.6 Å². The van der Waals surface area contributed by atoms with Crippen molar-refractivity contribution in [1.29, 1.82) is 0 Å². The minimum Gasteiger partial charge on any atom is -0.497 e. The van der Waals surface area contributed by atoms with Crippen LogP contribution in [0.15, 0.2) is 272 Å². The lowest BCUT2D eigenvalue weighted by atomic mass is 10.0. The van der Waals surface area contributed by atoms with Gasteiger partial charge in [0.25, 0.3) is 23.6 Å². The lowest BCUT2D eigenvalue weighted by molar-refractivity contribution is -0.137. The molecule has 15 rings (SSSR count). The van der Waals surface area contributed by atoms with E-state index in [4.69, 9.17) is 28.4 Å². The van der Waals surface area contributed by atoms with Crippen LogP contribution in [-0.2, 0) is 96.2 Å². The van der Waals surface area contributed by atoms with Gasteiger partial charge in [-0.25, -0.2) is 54.9 Å². The number of benzene rings is 10. The van der Waals surface area contributed by atoms with Crippen LogP contribution in [0, 0.1) is 5.82 Å². The Balaban J connectivity index is 0.000000161. The standard InChI is InChI=1S/C20H21NO5S.C18H17F3N2O4S.C18H20N2O6S2.C18H20N2O5S.C17H17FN2O4S/c1-15(22)16-6-4-7-17(13-16)19(23)14-18-5-2-3-8-20(18)27(24,25)21-9-11-26-12-10-21;19-18(20,21)14-7-5-13(6-8-14)17(24)22-15-3-1-2-4-16(15)28(25,26)23-9-11-27-12-10-23;1-27(22,23)15-8-6-14(7-9-15)18(21)19-16-4-2-3-5-17(16)28(24,25)20-10-12-26-13-11-20;1-24-15-8-6-14(7-9-15)18(21)19-16-4-2-3-5-17(16)26(22,23)20-10-12-25-13-11-20;18-14-5-3-4-13(12-14)17(21)19-15-6-1-2-7-16(15)25(22,23)20-8-10-24-11-9-20/h2-8,13H,9-12,14H2,1H3;1-8H,9-12H2,(H,22,24);2-9H,10-13H2,1H3,(H,19,21);2-9H,10-13H2,1H3,(H,19,21);1-7,12H,8-11H2,(H,19,21). The topological polar surface area (TPSA) is 427 Å². The van der Waals surface area contributed by atoms with Crippen LogP contribution in [0.4, 0.5) is 40.3 Å². The monoisotopic (exact) mass is 1970 g/mol. The number of nitrogens with zero attached hydrogens (tertiary/aromatic N) is 5. The summed E-state index contributed by atoms with van der Waals surface area (Å²) in [6.45, 7) is 7.32. The molecule has 10 aromatic carbocycles. The summed E-state index contributed by atoms with van der Waals surface area (Å²) in [7, 11) is -20.6. The molecule has 4 amide bonds. The summed E-state index contributed by atoms with van der Waals surface area (Å²) in [6.07, 6.45) is -3.48. The Kier molecular flexibility index (Phi) is 35.6. The normalized spacial score (nSPS) is 15.7. The Hall–Kier alpha value is -11.8. The van der Waals surface area contributed by atoms with Gasteiger partial charge < -0.3 is 49.7 Å². The van der Waals surface area contributed by atoms with Crippen LogP contribution < -0.4 is 26.0 Å². The van der Waals surface area contributed by atoms with Crippen molar-refractivity contribution in [3.8, 4) is 5.75 Å². The Labute approximate surface area is 773 Å². The van der Waals surface area contributed by atoms with E-state index in [0.29, 0.717) is 107 Å². The number of anilines is 4. The maximum atomic E-state index is 13.3. The molecule has 0 saturated carbocycles. The third-order valence-electron chi connectivity index (χ3n) is 20.9.